The van der Waals surface area contributed by atoms with Crippen molar-refractivity contribution in [3.8, 4) is 0 Å². The highest BCUT2D eigenvalue weighted by Gasteiger charge is 2.07. The maximum atomic E-state index is 10.6. The van der Waals surface area contributed by atoms with Crippen LogP contribution in [0.15, 0.2) is 18.7 Å². The van der Waals surface area contributed by atoms with Gasteiger partial charge in [0.15, 0.2) is 0 Å². The molecule has 0 bridgehead atoms. The van der Waals surface area contributed by atoms with Crippen LogP contribution in [0.2, 0.25) is 0 Å². The molecule has 0 aliphatic carbocycles. The molecule has 5 nitrogen and oxygen atoms in total. The second-order valence-electron chi connectivity index (χ2n) is 4.59. The van der Waals surface area contributed by atoms with Crippen LogP contribution >= 0.6 is 0 Å². The summed E-state index contributed by atoms with van der Waals surface area (Å²) in [5.41, 5.74) is 0. The lowest BCUT2D eigenvalue weighted by Gasteiger charge is -1.97. The number of aryl methyl sites for hydroxylation is 2. The minimum absolute atomic E-state index is 0.179. The van der Waals surface area contributed by atoms with Gasteiger partial charge < -0.3 is 0 Å². The molecule has 1 aromatic heterocycles. The summed E-state index contributed by atoms with van der Waals surface area (Å²) < 4.78 is 33.8. The largest absolute Gasteiger partial charge is 0.286 e. The van der Waals surface area contributed by atoms with Gasteiger partial charge in [-0.1, -0.05) is 19.8 Å². The molecule has 0 atom stereocenters. The van der Waals surface area contributed by atoms with E-state index in [1.54, 1.807) is 0 Å². The molecule has 0 saturated heterocycles. The van der Waals surface area contributed by atoms with Gasteiger partial charge in [-0.15, -0.1) is 0 Å². The summed E-state index contributed by atoms with van der Waals surface area (Å²) in [6, 6.07) is 0. The molecule has 0 radical (unpaired) electrons. The SMILES string of the molecule is CCCCCCn1cc[n+](CCCS(=O)(=O)O)c1. The number of hydrogen-bond donors (Lipinski definition) is 1. The first-order valence-corrected chi connectivity index (χ1v) is 8.12. The fourth-order valence-electron chi connectivity index (χ4n) is 1.85. The van der Waals surface area contributed by atoms with E-state index < -0.39 is 10.1 Å². The van der Waals surface area contributed by atoms with Gasteiger partial charge in [-0.25, -0.2) is 9.13 Å². The maximum absolute atomic E-state index is 10.6. The molecular weight excluding hydrogens is 252 g/mol. The highest BCUT2D eigenvalue weighted by atomic mass is 32.2. The minimum atomic E-state index is -3.83. The monoisotopic (exact) mass is 275 g/mol. The summed E-state index contributed by atoms with van der Waals surface area (Å²) in [4.78, 5) is 0. The summed E-state index contributed by atoms with van der Waals surface area (Å²) >= 11 is 0. The molecule has 0 aliphatic rings. The van der Waals surface area contributed by atoms with Crippen molar-refractivity contribution in [3.63, 3.8) is 0 Å². The number of aromatic nitrogens is 2. The van der Waals surface area contributed by atoms with Crippen LogP contribution in [0.1, 0.15) is 39.0 Å². The van der Waals surface area contributed by atoms with E-state index in [1.165, 1.54) is 25.7 Å². The van der Waals surface area contributed by atoms with E-state index in [4.69, 9.17) is 4.55 Å². The molecule has 0 unspecified atom stereocenters. The lowest BCUT2D eigenvalue weighted by molar-refractivity contribution is -0.696. The van der Waals surface area contributed by atoms with Gasteiger partial charge in [0, 0.05) is 6.42 Å². The molecule has 1 rings (SSSR count). The Bertz CT molecular complexity index is 440. The predicted molar refractivity (Wildman–Crippen MR) is 69.8 cm³/mol. The van der Waals surface area contributed by atoms with Crippen LogP contribution in [0.5, 0.6) is 0 Å². The average Bonchev–Trinajstić information content (AvgIpc) is 2.71. The van der Waals surface area contributed by atoms with Crippen LogP contribution in [0.4, 0.5) is 0 Å². The molecular formula is C12H23N2O3S+. The zero-order valence-electron chi connectivity index (χ0n) is 11.0. The number of hydrogen-bond acceptors (Lipinski definition) is 2. The summed E-state index contributed by atoms with van der Waals surface area (Å²) in [6.07, 6.45) is 11.3. The quantitative estimate of drug-likeness (QED) is 0.423. The molecule has 0 fully saturated rings. The van der Waals surface area contributed by atoms with E-state index in [0.717, 1.165) is 6.54 Å². The molecule has 1 N–H and O–H groups in total. The molecule has 0 aliphatic heterocycles. The average molecular weight is 275 g/mol. The number of unbranched alkanes of at least 4 members (excludes halogenated alkanes) is 3. The zero-order chi connectivity index (χ0) is 13.4. The Kier molecular flexibility index (Phi) is 6.35. The van der Waals surface area contributed by atoms with Crippen LogP contribution in [0, 0.1) is 0 Å². The molecule has 18 heavy (non-hydrogen) atoms. The van der Waals surface area contributed by atoms with Crippen LogP contribution in [0.25, 0.3) is 0 Å². The smallest absolute Gasteiger partial charge is 0.265 e. The number of imidazole rings is 1. The normalized spacial score (nSPS) is 11.9. The lowest BCUT2D eigenvalue weighted by Crippen LogP contribution is -2.32. The zero-order valence-corrected chi connectivity index (χ0v) is 11.8. The Hall–Kier alpha value is -0.880. The molecule has 1 aromatic rings. The number of rotatable bonds is 9. The topological polar surface area (TPSA) is 63.2 Å². The van der Waals surface area contributed by atoms with E-state index in [2.05, 4.69) is 11.5 Å². The first-order valence-electron chi connectivity index (χ1n) is 6.51. The summed E-state index contributed by atoms with van der Waals surface area (Å²) in [7, 11) is -3.83. The highest BCUT2D eigenvalue weighted by Crippen LogP contribution is 2.01. The van der Waals surface area contributed by atoms with E-state index in [-0.39, 0.29) is 5.75 Å². The Morgan fingerprint density at radius 3 is 2.67 bits per heavy atom. The van der Waals surface area contributed by atoms with Gasteiger partial charge in [0.25, 0.3) is 10.1 Å². The molecule has 0 saturated carbocycles. The third-order valence-corrected chi connectivity index (χ3v) is 3.64. The molecule has 0 spiro atoms. The molecule has 0 amide bonds. The van der Waals surface area contributed by atoms with Crippen molar-refractivity contribution in [2.45, 2.75) is 52.1 Å². The fraction of sp³-hybridized carbons (Fsp3) is 0.750. The van der Waals surface area contributed by atoms with Crippen molar-refractivity contribution in [1.29, 1.82) is 0 Å². The van der Waals surface area contributed by atoms with Gasteiger partial charge in [0.1, 0.15) is 12.4 Å². The van der Waals surface area contributed by atoms with Crippen molar-refractivity contribution in [2.24, 2.45) is 0 Å². The second kappa shape index (κ2) is 7.53. The lowest BCUT2D eigenvalue weighted by atomic mass is 10.2. The van der Waals surface area contributed by atoms with E-state index in [1.807, 2.05) is 23.3 Å². The van der Waals surface area contributed by atoms with Gasteiger partial charge in [0.2, 0.25) is 6.33 Å². The molecule has 1 heterocycles. The van der Waals surface area contributed by atoms with Crippen molar-refractivity contribution >= 4 is 10.1 Å². The van der Waals surface area contributed by atoms with Crippen molar-refractivity contribution < 1.29 is 17.5 Å². The Labute approximate surface area is 109 Å². The Morgan fingerprint density at radius 1 is 1.22 bits per heavy atom. The third-order valence-electron chi connectivity index (χ3n) is 2.83. The minimum Gasteiger partial charge on any atom is -0.286 e. The highest BCUT2D eigenvalue weighted by molar-refractivity contribution is 7.85. The number of nitrogens with zero attached hydrogens (tertiary/aromatic N) is 2. The molecule has 104 valence electrons. The standard InChI is InChI=1S/C12H22N2O3S/c1-2-3-4-5-7-13-9-10-14(12-13)8-6-11-18(15,16)17/h9-10,12H,2-8,11H2,1H3/p+1. The second-order valence-corrected chi connectivity index (χ2v) is 6.16. The predicted octanol–water partition coefficient (Wildman–Crippen LogP) is 1.63. The van der Waals surface area contributed by atoms with E-state index in [9.17, 15) is 8.42 Å². The van der Waals surface area contributed by atoms with Crippen molar-refractivity contribution in [1.82, 2.24) is 4.57 Å². The van der Waals surface area contributed by atoms with Crippen LogP contribution in [0.3, 0.4) is 0 Å². The summed E-state index contributed by atoms with van der Waals surface area (Å²) in [5.74, 6) is -0.179. The first-order chi connectivity index (χ1) is 8.51. The van der Waals surface area contributed by atoms with Gasteiger partial charge in [-0.2, -0.15) is 8.42 Å². The van der Waals surface area contributed by atoms with Crippen molar-refractivity contribution in [3.05, 3.63) is 18.7 Å². The summed E-state index contributed by atoms with van der Waals surface area (Å²) in [5, 5.41) is 0. The Balaban J connectivity index is 2.26. The first kappa shape index (κ1) is 15.2. The Morgan fingerprint density at radius 2 is 2.00 bits per heavy atom. The maximum Gasteiger partial charge on any atom is 0.265 e. The molecule has 6 heteroatoms. The van der Waals surface area contributed by atoms with Crippen LogP contribution < -0.4 is 4.57 Å². The third kappa shape index (κ3) is 6.76. The summed E-state index contributed by atoms with van der Waals surface area (Å²) in [6.45, 7) is 3.81. The van der Waals surface area contributed by atoms with E-state index >= 15 is 0 Å². The molecule has 0 aromatic carbocycles. The fourth-order valence-corrected chi connectivity index (χ4v) is 2.35. The van der Waals surface area contributed by atoms with Crippen molar-refractivity contribution in [2.75, 3.05) is 5.75 Å². The van der Waals surface area contributed by atoms with Crippen LogP contribution in [-0.2, 0) is 23.2 Å². The van der Waals surface area contributed by atoms with E-state index in [0.29, 0.717) is 13.0 Å². The van der Waals surface area contributed by atoms with Crippen LogP contribution in [-0.4, -0.2) is 23.3 Å². The van der Waals surface area contributed by atoms with Gasteiger partial charge in [0.05, 0.1) is 18.8 Å². The van der Waals surface area contributed by atoms with Gasteiger partial charge in [-0.3, -0.25) is 4.55 Å². The van der Waals surface area contributed by atoms with Gasteiger partial charge >= 0.3 is 0 Å². The van der Waals surface area contributed by atoms with Gasteiger partial charge in [-0.05, 0) is 12.8 Å².